The first kappa shape index (κ1) is 10.9. The molecule has 0 spiro atoms. The van der Waals surface area contributed by atoms with Gasteiger partial charge in [-0.3, -0.25) is 19.6 Å². The highest BCUT2D eigenvalue weighted by atomic mass is 16.2. The molecule has 1 aromatic heterocycles. The van der Waals surface area contributed by atoms with Crippen LogP contribution in [-0.2, 0) is 4.79 Å². The van der Waals surface area contributed by atoms with Gasteiger partial charge in [-0.15, -0.1) is 0 Å². The number of rotatable bonds is 3. The van der Waals surface area contributed by atoms with Crippen molar-refractivity contribution in [2.75, 3.05) is 5.43 Å². The normalized spacial score (nSPS) is 9.88. The molecule has 2 aromatic rings. The van der Waals surface area contributed by atoms with Crippen LogP contribution in [0, 0.1) is 0 Å². The lowest BCUT2D eigenvalue weighted by molar-refractivity contribution is -0.106. The van der Waals surface area contributed by atoms with E-state index in [1.807, 2.05) is 11.5 Å². The summed E-state index contributed by atoms with van der Waals surface area (Å²) in [5.41, 5.74) is 1.44. The van der Waals surface area contributed by atoms with Crippen LogP contribution in [0.4, 0.5) is 0 Å². The molecule has 86 valence electrons. The minimum atomic E-state index is -0.629. The van der Waals surface area contributed by atoms with Crippen molar-refractivity contribution in [2.45, 2.75) is 0 Å². The van der Waals surface area contributed by atoms with E-state index in [9.17, 15) is 14.4 Å². The fourth-order valence-electron chi connectivity index (χ4n) is 1.44. The van der Waals surface area contributed by atoms with Crippen molar-refractivity contribution in [3.05, 3.63) is 63.4 Å². The van der Waals surface area contributed by atoms with Crippen LogP contribution in [0.5, 0.6) is 0 Å². The highest BCUT2D eigenvalue weighted by Gasteiger charge is 2.05. The fourth-order valence-corrected chi connectivity index (χ4v) is 1.44. The van der Waals surface area contributed by atoms with E-state index >= 15 is 0 Å². The lowest BCUT2D eigenvalue weighted by Gasteiger charge is -2.07. The predicted octanol–water partition coefficient (Wildman–Crippen LogP) is -0.301. The molecule has 6 heteroatoms. The zero-order chi connectivity index (χ0) is 12.3. The van der Waals surface area contributed by atoms with Crippen molar-refractivity contribution < 1.29 is 4.79 Å². The predicted molar refractivity (Wildman–Crippen MR) is 61.7 cm³/mol. The second-order valence-corrected chi connectivity index (χ2v) is 3.22. The van der Waals surface area contributed by atoms with E-state index in [4.69, 9.17) is 0 Å². The smallest absolute Gasteiger partial charge is 0.277 e. The van der Waals surface area contributed by atoms with Crippen LogP contribution in [0.2, 0.25) is 0 Å². The van der Waals surface area contributed by atoms with Crippen LogP contribution in [-0.4, -0.2) is 15.7 Å². The third-order valence-electron chi connectivity index (χ3n) is 2.20. The molecule has 0 saturated heterocycles. The Labute approximate surface area is 95.7 Å². The van der Waals surface area contributed by atoms with Crippen molar-refractivity contribution >= 4 is 6.41 Å². The topological polar surface area (TPSA) is 73.1 Å². The van der Waals surface area contributed by atoms with Crippen LogP contribution in [0.1, 0.15) is 0 Å². The molecule has 0 aliphatic carbocycles. The molecular weight excluding hydrogens is 222 g/mol. The van der Waals surface area contributed by atoms with Gasteiger partial charge in [0.2, 0.25) is 6.41 Å². The van der Waals surface area contributed by atoms with E-state index in [0.29, 0.717) is 10.4 Å². The van der Waals surface area contributed by atoms with Gasteiger partial charge in [-0.25, -0.2) is 4.79 Å². The maximum Gasteiger partial charge on any atom is 0.354 e. The number of carbonyl (C=O) groups is 1. The lowest BCUT2D eigenvalue weighted by atomic mass is 10.3. The van der Waals surface area contributed by atoms with Crippen molar-refractivity contribution in [3.63, 3.8) is 0 Å². The maximum absolute atomic E-state index is 11.9. The average molecular weight is 231 g/mol. The standard InChI is InChI=1S/C11H9N3O3/c15-8-12-14-10(16)6-7-13(11(14)17)9-4-2-1-3-5-9/h1-8H,(H,12,15). The van der Waals surface area contributed by atoms with Gasteiger partial charge in [0.05, 0.1) is 5.69 Å². The first-order valence-electron chi connectivity index (χ1n) is 4.84. The van der Waals surface area contributed by atoms with Crippen molar-refractivity contribution in [1.82, 2.24) is 9.24 Å². The lowest BCUT2D eigenvalue weighted by Crippen LogP contribution is -2.43. The molecular formula is C11H9N3O3. The minimum absolute atomic E-state index is 0.276. The SMILES string of the molecule is O=CNn1c(=O)ccn(-c2ccccc2)c1=O. The monoisotopic (exact) mass is 231 g/mol. The van der Waals surface area contributed by atoms with Gasteiger partial charge in [0.1, 0.15) is 0 Å². The molecule has 0 bridgehead atoms. The van der Waals surface area contributed by atoms with Crippen molar-refractivity contribution in [2.24, 2.45) is 0 Å². The van der Waals surface area contributed by atoms with E-state index in [0.717, 1.165) is 0 Å². The molecule has 0 aliphatic rings. The highest BCUT2D eigenvalue weighted by Crippen LogP contribution is 2.01. The fraction of sp³-hybridized carbons (Fsp3) is 0. The molecule has 0 unspecified atom stereocenters. The van der Waals surface area contributed by atoms with E-state index in [-0.39, 0.29) is 6.41 Å². The van der Waals surface area contributed by atoms with Gasteiger partial charge in [-0.1, -0.05) is 18.2 Å². The molecule has 0 saturated carbocycles. The number of carbonyl (C=O) groups excluding carboxylic acids is 1. The van der Waals surface area contributed by atoms with Crippen LogP contribution in [0.25, 0.3) is 5.69 Å². The molecule has 0 radical (unpaired) electrons. The number of nitrogens with one attached hydrogen (secondary N) is 1. The number of hydrogen-bond donors (Lipinski definition) is 1. The summed E-state index contributed by atoms with van der Waals surface area (Å²) in [5, 5.41) is 0. The Kier molecular flexibility index (Phi) is 2.87. The van der Waals surface area contributed by atoms with Crippen LogP contribution >= 0.6 is 0 Å². The molecule has 2 rings (SSSR count). The first-order chi connectivity index (χ1) is 8.24. The second-order valence-electron chi connectivity index (χ2n) is 3.22. The van der Waals surface area contributed by atoms with Crippen LogP contribution in [0.3, 0.4) is 0 Å². The number of hydrogen-bond acceptors (Lipinski definition) is 3. The van der Waals surface area contributed by atoms with Crippen LogP contribution < -0.4 is 16.7 Å². The molecule has 0 fully saturated rings. The van der Waals surface area contributed by atoms with Gasteiger partial charge in [-0.05, 0) is 12.1 Å². The van der Waals surface area contributed by atoms with E-state index in [2.05, 4.69) is 0 Å². The average Bonchev–Trinajstić information content (AvgIpc) is 2.36. The van der Waals surface area contributed by atoms with Gasteiger partial charge >= 0.3 is 5.69 Å². The molecule has 0 atom stereocenters. The zero-order valence-corrected chi connectivity index (χ0v) is 8.74. The minimum Gasteiger partial charge on any atom is -0.277 e. The maximum atomic E-state index is 11.9. The molecule has 1 N–H and O–H groups in total. The summed E-state index contributed by atoms with van der Waals surface area (Å²) in [6.07, 6.45) is 1.64. The van der Waals surface area contributed by atoms with Gasteiger partial charge in [0, 0.05) is 12.3 Å². The molecule has 1 aromatic carbocycles. The number of nitrogens with zero attached hydrogens (tertiary/aromatic N) is 2. The zero-order valence-electron chi connectivity index (χ0n) is 8.74. The molecule has 6 nitrogen and oxygen atoms in total. The van der Waals surface area contributed by atoms with Crippen molar-refractivity contribution in [1.29, 1.82) is 0 Å². The Morgan fingerprint density at radius 2 is 1.76 bits per heavy atom. The summed E-state index contributed by atoms with van der Waals surface area (Å²) in [6.45, 7) is 0. The summed E-state index contributed by atoms with van der Waals surface area (Å²) in [5.74, 6) is 0. The Morgan fingerprint density at radius 1 is 1.06 bits per heavy atom. The highest BCUT2D eigenvalue weighted by molar-refractivity contribution is 5.56. The van der Waals surface area contributed by atoms with Gasteiger partial charge in [-0.2, -0.15) is 4.68 Å². The summed E-state index contributed by atoms with van der Waals surface area (Å²) in [4.78, 5) is 33.5. The third kappa shape index (κ3) is 2.00. The number of benzene rings is 1. The molecule has 1 amide bonds. The Hall–Kier alpha value is -2.63. The van der Waals surface area contributed by atoms with E-state index < -0.39 is 11.2 Å². The summed E-state index contributed by atoms with van der Waals surface area (Å²) in [6, 6.07) is 9.99. The molecule has 17 heavy (non-hydrogen) atoms. The summed E-state index contributed by atoms with van der Waals surface area (Å²) < 4.78 is 1.90. The number of aromatic nitrogens is 2. The Balaban J connectivity index is 2.66. The Bertz CT molecular complexity index is 643. The van der Waals surface area contributed by atoms with Crippen molar-refractivity contribution in [3.8, 4) is 5.69 Å². The number of para-hydroxylation sites is 1. The summed E-state index contributed by atoms with van der Waals surface area (Å²) in [7, 11) is 0. The third-order valence-corrected chi connectivity index (χ3v) is 2.20. The first-order valence-corrected chi connectivity index (χ1v) is 4.84. The summed E-state index contributed by atoms with van der Waals surface area (Å²) >= 11 is 0. The van der Waals surface area contributed by atoms with Gasteiger partial charge in [0.15, 0.2) is 0 Å². The number of amides is 1. The molecule has 0 aliphatic heterocycles. The Morgan fingerprint density at radius 3 is 2.41 bits per heavy atom. The quantitative estimate of drug-likeness (QED) is 0.737. The largest absolute Gasteiger partial charge is 0.354 e. The van der Waals surface area contributed by atoms with Crippen LogP contribution in [0.15, 0.2) is 52.2 Å². The molecule has 1 heterocycles. The van der Waals surface area contributed by atoms with Gasteiger partial charge in [0.25, 0.3) is 5.56 Å². The van der Waals surface area contributed by atoms with E-state index in [1.165, 1.54) is 16.8 Å². The van der Waals surface area contributed by atoms with Gasteiger partial charge < -0.3 is 0 Å². The second kappa shape index (κ2) is 4.48. The van der Waals surface area contributed by atoms with E-state index in [1.54, 1.807) is 24.3 Å².